The van der Waals surface area contributed by atoms with Crippen molar-refractivity contribution in [3.8, 4) is 0 Å². The number of nitrogens with zero attached hydrogens (tertiary/aromatic N) is 3. The van der Waals surface area contributed by atoms with E-state index in [4.69, 9.17) is 16.3 Å². The smallest absolute Gasteiger partial charge is 0.274 e. The first-order valence-electron chi connectivity index (χ1n) is 7.33. The maximum absolute atomic E-state index is 12.6. The third-order valence-electron chi connectivity index (χ3n) is 3.79. The summed E-state index contributed by atoms with van der Waals surface area (Å²) in [5.74, 6) is 1.25. The van der Waals surface area contributed by atoms with Crippen molar-refractivity contribution in [3.05, 3.63) is 22.7 Å². The SMILES string of the molecule is COCC1CCN(C(=O)c2nc(C(C)C)ncc2Cl)CC1. The van der Waals surface area contributed by atoms with E-state index in [-0.39, 0.29) is 11.8 Å². The maximum atomic E-state index is 12.6. The van der Waals surface area contributed by atoms with Crippen LogP contribution < -0.4 is 0 Å². The standard InChI is InChI=1S/C15H22ClN3O2/c1-10(2)14-17-8-12(16)13(18-14)15(20)19-6-4-11(5-7-19)9-21-3/h8,10-11H,4-7,9H2,1-3H3. The second kappa shape index (κ2) is 7.18. The summed E-state index contributed by atoms with van der Waals surface area (Å²) in [7, 11) is 1.71. The van der Waals surface area contributed by atoms with Crippen molar-refractivity contribution < 1.29 is 9.53 Å². The minimum Gasteiger partial charge on any atom is -0.384 e. The fraction of sp³-hybridized carbons (Fsp3) is 0.667. The quantitative estimate of drug-likeness (QED) is 0.858. The zero-order chi connectivity index (χ0) is 15.4. The Hall–Kier alpha value is -1.20. The Kier molecular flexibility index (Phi) is 5.53. The van der Waals surface area contributed by atoms with E-state index >= 15 is 0 Å². The van der Waals surface area contributed by atoms with Gasteiger partial charge < -0.3 is 9.64 Å². The number of likely N-dealkylation sites (tertiary alicyclic amines) is 1. The van der Waals surface area contributed by atoms with Crippen molar-refractivity contribution in [1.82, 2.24) is 14.9 Å². The molecular formula is C15H22ClN3O2. The highest BCUT2D eigenvalue weighted by Gasteiger charge is 2.26. The van der Waals surface area contributed by atoms with Gasteiger partial charge in [-0.25, -0.2) is 9.97 Å². The van der Waals surface area contributed by atoms with E-state index in [1.54, 1.807) is 7.11 Å². The number of aromatic nitrogens is 2. The number of hydrogen-bond acceptors (Lipinski definition) is 4. The molecule has 0 saturated carbocycles. The van der Waals surface area contributed by atoms with Crippen LogP contribution in [0.2, 0.25) is 5.02 Å². The second-order valence-corrected chi connectivity index (χ2v) is 6.18. The molecule has 1 saturated heterocycles. The number of ether oxygens (including phenoxy) is 1. The van der Waals surface area contributed by atoms with Crippen LogP contribution in [-0.2, 0) is 4.74 Å². The van der Waals surface area contributed by atoms with E-state index < -0.39 is 0 Å². The molecule has 1 aromatic rings. The molecule has 0 N–H and O–H groups in total. The lowest BCUT2D eigenvalue weighted by Gasteiger charge is -2.31. The Labute approximate surface area is 130 Å². The fourth-order valence-electron chi connectivity index (χ4n) is 2.50. The van der Waals surface area contributed by atoms with Crippen molar-refractivity contribution in [2.24, 2.45) is 5.92 Å². The predicted octanol–water partition coefficient (Wildman–Crippen LogP) is 2.75. The Balaban J connectivity index is 2.08. The van der Waals surface area contributed by atoms with Crippen molar-refractivity contribution in [3.63, 3.8) is 0 Å². The first-order chi connectivity index (χ1) is 10.0. The minimum atomic E-state index is -0.0971. The number of rotatable bonds is 4. The Morgan fingerprint density at radius 2 is 2.14 bits per heavy atom. The number of piperidine rings is 1. The van der Waals surface area contributed by atoms with E-state index in [1.807, 2.05) is 18.7 Å². The number of methoxy groups -OCH3 is 1. The fourth-order valence-corrected chi connectivity index (χ4v) is 2.67. The molecule has 2 rings (SSSR count). The summed E-state index contributed by atoms with van der Waals surface area (Å²) in [5, 5.41) is 0.323. The molecule has 1 aromatic heterocycles. The Morgan fingerprint density at radius 3 is 2.71 bits per heavy atom. The topological polar surface area (TPSA) is 55.3 Å². The minimum absolute atomic E-state index is 0.0971. The lowest BCUT2D eigenvalue weighted by atomic mass is 9.97. The molecule has 0 radical (unpaired) electrons. The van der Waals surface area contributed by atoms with Crippen LogP contribution in [0.1, 0.15) is 48.9 Å². The first kappa shape index (κ1) is 16.2. The molecule has 0 bridgehead atoms. The number of hydrogen-bond donors (Lipinski definition) is 0. The average molecular weight is 312 g/mol. The normalized spacial score (nSPS) is 16.5. The van der Waals surface area contributed by atoms with Gasteiger partial charge in [0.25, 0.3) is 5.91 Å². The summed E-state index contributed by atoms with van der Waals surface area (Å²) in [4.78, 5) is 22.9. The first-order valence-corrected chi connectivity index (χ1v) is 7.71. The van der Waals surface area contributed by atoms with Gasteiger partial charge in [-0.1, -0.05) is 25.4 Å². The Bertz CT molecular complexity index is 500. The van der Waals surface area contributed by atoms with Crippen LogP contribution in [0.5, 0.6) is 0 Å². The molecule has 21 heavy (non-hydrogen) atoms. The molecule has 0 spiro atoms. The molecule has 2 heterocycles. The average Bonchev–Trinajstić information content (AvgIpc) is 2.48. The Morgan fingerprint density at radius 1 is 1.48 bits per heavy atom. The number of amides is 1. The highest BCUT2D eigenvalue weighted by molar-refractivity contribution is 6.33. The van der Waals surface area contributed by atoms with Crippen LogP contribution in [-0.4, -0.2) is 47.6 Å². The monoisotopic (exact) mass is 311 g/mol. The lowest BCUT2D eigenvalue weighted by molar-refractivity contribution is 0.0608. The number of halogens is 1. The van der Waals surface area contributed by atoms with Gasteiger partial charge in [-0.3, -0.25) is 4.79 Å². The van der Waals surface area contributed by atoms with E-state index in [2.05, 4.69) is 9.97 Å². The molecule has 116 valence electrons. The second-order valence-electron chi connectivity index (χ2n) is 5.77. The summed E-state index contributed by atoms with van der Waals surface area (Å²) in [6.07, 6.45) is 3.44. The third-order valence-corrected chi connectivity index (χ3v) is 4.06. The predicted molar refractivity (Wildman–Crippen MR) is 81.6 cm³/mol. The van der Waals surface area contributed by atoms with Crippen LogP contribution in [0.15, 0.2) is 6.20 Å². The highest BCUT2D eigenvalue weighted by Crippen LogP contribution is 2.22. The zero-order valence-electron chi connectivity index (χ0n) is 12.8. The van der Waals surface area contributed by atoms with Gasteiger partial charge in [0.05, 0.1) is 11.2 Å². The van der Waals surface area contributed by atoms with Crippen LogP contribution >= 0.6 is 11.6 Å². The summed E-state index contributed by atoms with van der Waals surface area (Å²) in [6, 6.07) is 0. The summed E-state index contributed by atoms with van der Waals surface area (Å²) >= 11 is 6.10. The van der Waals surface area contributed by atoms with Crippen molar-refractivity contribution in [2.75, 3.05) is 26.8 Å². The maximum Gasteiger partial charge on any atom is 0.274 e. The molecule has 5 nitrogen and oxygen atoms in total. The van der Waals surface area contributed by atoms with Crippen LogP contribution in [0, 0.1) is 5.92 Å². The summed E-state index contributed by atoms with van der Waals surface area (Å²) in [6.45, 7) is 6.20. The van der Waals surface area contributed by atoms with Gasteiger partial charge in [0.2, 0.25) is 0 Å². The van der Waals surface area contributed by atoms with Gasteiger partial charge in [0.1, 0.15) is 5.82 Å². The molecule has 0 aromatic carbocycles. The van der Waals surface area contributed by atoms with E-state index in [0.717, 1.165) is 32.5 Å². The molecule has 1 aliphatic heterocycles. The van der Waals surface area contributed by atoms with Gasteiger partial charge in [0.15, 0.2) is 5.69 Å². The van der Waals surface area contributed by atoms with Crippen molar-refractivity contribution >= 4 is 17.5 Å². The molecular weight excluding hydrogens is 290 g/mol. The summed E-state index contributed by atoms with van der Waals surface area (Å²) in [5.41, 5.74) is 0.320. The van der Waals surface area contributed by atoms with Gasteiger partial charge >= 0.3 is 0 Å². The zero-order valence-corrected chi connectivity index (χ0v) is 13.6. The molecule has 1 amide bonds. The number of carbonyl (C=O) groups is 1. The molecule has 1 fully saturated rings. The lowest BCUT2D eigenvalue weighted by Crippen LogP contribution is -2.40. The van der Waals surface area contributed by atoms with E-state index in [9.17, 15) is 4.79 Å². The van der Waals surface area contributed by atoms with Crippen LogP contribution in [0.4, 0.5) is 0 Å². The molecule has 1 aliphatic rings. The van der Waals surface area contributed by atoms with Crippen molar-refractivity contribution in [2.45, 2.75) is 32.6 Å². The molecule has 0 unspecified atom stereocenters. The molecule has 0 atom stereocenters. The van der Waals surface area contributed by atoms with Gasteiger partial charge in [0, 0.05) is 32.7 Å². The van der Waals surface area contributed by atoms with Gasteiger partial charge in [-0.15, -0.1) is 0 Å². The van der Waals surface area contributed by atoms with Gasteiger partial charge in [-0.05, 0) is 18.8 Å². The third kappa shape index (κ3) is 3.92. The summed E-state index contributed by atoms with van der Waals surface area (Å²) < 4.78 is 5.18. The molecule has 0 aliphatic carbocycles. The van der Waals surface area contributed by atoms with Crippen LogP contribution in [0.3, 0.4) is 0 Å². The van der Waals surface area contributed by atoms with E-state index in [1.165, 1.54) is 6.20 Å². The largest absolute Gasteiger partial charge is 0.384 e. The van der Waals surface area contributed by atoms with E-state index in [0.29, 0.717) is 22.5 Å². The van der Waals surface area contributed by atoms with Crippen molar-refractivity contribution in [1.29, 1.82) is 0 Å². The number of carbonyl (C=O) groups excluding carboxylic acids is 1. The van der Waals surface area contributed by atoms with Gasteiger partial charge in [-0.2, -0.15) is 0 Å². The van der Waals surface area contributed by atoms with Crippen LogP contribution in [0.25, 0.3) is 0 Å². The molecule has 6 heteroatoms. The highest BCUT2D eigenvalue weighted by atomic mass is 35.5.